The van der Waals surface area contributed by atoms with Crippen molar-refractivity contribution in [2.45, 2.75) is 13.0 Å². The number of pyridine rings is 1. The summed E-state index contributed by atoms with van der Waals surface area (Å²) in [7, 11) is 1.62. The van der Waals surface area contributed by atoms with Crippen LogP contribution in [0.25, 0.3) is 0 Å². The van der Waals surface area contributed by atoms with Crippen molar-refractivity contribution in [3.8, 4) is 5.75 Å². The zero-order valence-electron chi connectivity index (χ0n) is 10.2. The second-order valence-electron chi connectivity index (χ2n) is 4.04. The SMILES string of the molecule is COc1ccc(C(O)c2ccc(Cl)nc2)c(C)c1. The number of aryl methyl sites for hydroxylation is 1. The molecule has 0 bridgehead atoms. The zero-order valence-corrected chi connectivity index (χ0v) is 11.0. The molecule has 0 spiro atoms. The number of ether oxygens (including phenoxy) is 1. The van der Waals surface area contributed by atoms with Crippen LogP contribution < -0.4 is 4.74 Å². The van der Waals surface area contributed by atoms with Crippen molar-refractivity contribution in [1.82, 2.24) is 4.98 Å². The molecule has 1 aromatic heterocycles. The van der Waals surface area contributed by atoms with E-state index < -0.39 is 6.10 Å². The smallest absolute Gasteiger partial charge is 0.129 e. The van der Waals surface area contributed by atoms with E-state index in [1.54, 1.807) is 25.4 Å². The van der Waals surface area contributed by atoms with Crippen LogP contribution in [0.5, 0.6) is 5.75 Å². The van der Waals surface area contributed by atoms with Gasteiger partial charge in [0, 0.05) is 11.8 Å². The van der Waals surface area contributed by atoms with Crippen molar-refractivity contribution in [3.63, 3.8) is 0 Å². The van der Waals surface area contributed by atoms with Crippen LogP contribution >= 0.6 is 11.6 Å². The second kappa shape index (κ2) is 5.38. The summed E-state index contributed by atoms with van der Waals surface area (Å²) in [4.78, 5) is 3.97. The Hall–Kier alpha value is -1.58. The van der Waals surface area contributed by atoms with Crippen molar-refractivity contribution >= 4 is 11.6 Å². The van der Waals surface area contributed by atoms with Gasteiger partial charge in [0.05, 0.1) is 7.11 Å². The van der Waals surface area contributed by atoms with Gasteiger partial charge >= 0.3 is 0 Å². The molecule has 0 aliphatic carbocycles. The van der Waals surface area contributed by atoms with Gasteiger partial charge in [-0.15, -0.1) is 0 Å². The number of aliphatic hydroxyl groups excluding tert-OH is 1. The molecule has 2 aromatic rings. The van der Waals surface area contributed by atoms with E-state index in [4.69, 9.17) is 16.3 Å². The first-order chi connectivity index (χ1) is 8.61. The van der Waals surface area contributed by atoms with E-state index in [0.717, 1.165) is 16.9 Å². The van der Waals surface area contributed by atoms with Gasteiger partial charge in [0.15, 0.2) is 0 Å². The number of aromatic nitrogens is 1. The van der Waals surface area contributed by atoms with E-state index in [0.29, 0.717) is 10.7 Å². The number of halogens is 1. The molecule has 0 saturated heterocycles. The Morgan fingerprint density at radius 1 is 1.28 bits per heavy atom. The van der Waals surface area contributed by atoms with Gasteiger partial charge in [-0.2, -0.15) is 0 Å². The Bertz CT molecular complexity index is 540. The first-order valence-electron chi connectivity index (χ1n) is 5.56. The zero-order chi connectivity index (χ0) is 13.1. The molecule has 2 rings (SSSR count). The molecule has 1 unspecified atom stereocenters. The Labute approximate surface area is 111 Å². The lowest BCUT2D eigenvalue weighted by molar-refractivity contribution is 0.219. The highest BCUT2D eigenvalue weighted by Gasteiger charge is 2.13. The molecule has 0 aliphatic rings. The van der Waals surface area contributed by atoms with Gasteiger partial charge in [-0.3, -0.25) is 0 Å². The van der Waals surface area contributed by atoms with Crippen LogP contribution in [-0.4, -0.2) is 17.2 Å². The molecule has 0 saturated carbocycles. The van der Waals surface area contributed by atoms with Crippen LogP contribution in [0.2, 0.25) is 5.15 Å². The topological polar surface area (TPSA) is 42.4 Å². The van der Waals surface area contributed by atoms with Gasteiger partial charge in [-0.1, -0.05) is 23.7 Å². The van der Waals surface area contributed by atoms with Crippen molar-refractivity contribution in [2.75, 3.05) is 7.11 Å². The number of methoxy groups -OCH3 is 1. The molecule has 1 N–H and O–H groups in total. The summed E-state index contributed by atoms with van der Waals surface area (Å²) in [5.41, 5.74) is 2.52. The highest BCUT2D eigenvalue weighted by atomic mass is 35.5. The molecule has 1 heterocycles. The molecule has 3 nitrogen and oxygen atoms in total. The van der Waals surface area contributed by atoms with Crippen molar-refractivity contribution < 1.29 is 9.84 Å². The predicted molar refractivity (Wildman–Crippen MR) is 71.0 cm³/mol. The van der Waals surface area contributed by atoms with Gasteiger partial charge in [0.1, 0.15) is 17.0 Å². The summed E-state index contributed by atoms with van der Waals surface area (Å²) in [6.45, 7) is 1.93. The Balaban J connectivity index is 2.33. The molecular weight excluding hydrogens is 250 g/mol. The third kappa shape index (κ3) is 2.63. The maximum absolute atomic E-state index is 10.3. The normalized spacial score (nSPS) is 12.2. The number of benzene rings is 1. The minimum atomic E-state index is -0.708. The summed E-state index contributed by atoms with van der Waals surface area (Å²) in [5, 5.41) is 10.7. The van der Waals surface area contributed by atoms with Crippen LogP contribution in [0.3, 0.4) is 0 Å². The van der Waals surface area contributed by atoms with Crippen molar-refractivity contribution in [1.29, 1.82) is 0 Å². The van der Waals surface area contributed by atoms with Gasteiger partial charge in [-0.25, -0.2) is 4.98 Å². The fourth-order valence-corrected chi connectivity index (χ4v) is 1.92. The standard InChI is InChI=1S/C14H14ClNO2/c1-9-7-11(18-2)4-5-12(9)14(17)10-3-6-13(15)16-8-10/h3-8,14,17H,1-2H3. The highest BCUT2D eigenvalue weighted by molar-refractivity contribution is 6.29. The number of nitrogens with zero attached hydrogens (tertiary/aromatic N) is 1. The molecule has 94 valence electrons. The van der Waals surface area contributed by atoms with Crippen LogP contribution in [-0.2, 0) is 0 Å². The molecule has 18 heavy (non-hydrogen) atoms. The summed E-state index contributed by atoms with van der Waals surface area (Å²) < 4.78 is 5.14. The van der Waals surface area contributed by atoms with E-state index in [2.05, 4.69) is 4.98 Å². The maximum Gasteiger partial charge on any atom is 0.129 e. The molecule has 0 fully saturated rings. The Kier molecular flexibility index (Phi) is 3.84. The van der Waals surface area contributed by atoms with E-state index >= 15 is 0 Å². The second-order valence-corrected chi connectivity index (χ2v) is 4.43. The van der Waals surface area contributed by atoms with Gasteiger partial charge in [-0.05, 0) is 36.2 Å². The van der Waals surface area contributed by atoms with Crippen LogP contribution in [0.15, 0.2) is 36.5 Å². The molecule has 0 aliphatic heterocycles. The third-order valence-electron chi connectivity index (χ3n) is 2.84. The fourth-order valence-electron chi connectivity index (χ4n) is 1.81. The number of hydrogen-bond acceptors (Lipinski definition) is 3. The summed E-state index contributed by atoms with van der Waals surface area (Å²) in [6.07, 6.45) is 0.872. The van der Waals surface area contributed by atoms with Gasteiger partial charge in [0.2, 0.25) is 0 Å². The number of rotatable bonds is 3. The van der Waals surface area contributed by atoms with Gasteiger partial charge < -0.3 is 9.84 Å². The lowest BCUT2D eigenvalue weighted by Crippen LogP contribution is -2.02. The third-order valence-corrected chi connectivity index (χ3v) is 3.06. The maximum atomic E-state index is 10.3. The quantitative estimate of drug-likeness (QED) is 0.865. The van der Waals surface area contributed by atoms with Crippen LogP contribution in [0.1, 0.15) is 22.8 Å². The fraction of sp³-hybridized carbons (Fsp3) is 0.214. The predicted octanol–water partition coefficient (Wildman–Crippen LogP) is 3.13. The summed E-state index contributed by atoms with van der Waals surface area (Å²) >= 11 is 5.72. The largest absolute Gasteiger partial charge is 0.497 e. The minimum Gasteiger partial charge on any atom is -0.497 e. The monoisotopic (exact) mass is 263 g/mol. The van der Waals surface area contributed by atoms with Crippen molar-refractivity contribution in [3.05, 3.63) is 58.4 Å². The van der Waals surface area contributed by atoms with Crippen molar-refractivity contribution in [2.24, 2.45) is 0 Å². The molecule has 4 heteroatoms. The first-order valence-corrected chi connectivity index (χ1v) is 5.93. The number of hydrogen-bond donors (Lipinski definition) is 1. The highest BCUT2D eigenvalue weighted by Crippen LogP contribution is 2.27. The summed E-state index contributed by atoms with van der Waals surface area (Å²) in [5.74, 6) is 0.776. The van der Waals surface area contributed by atoms with E-state index in [-0.39, 0.29) is 0 Å². The van der Waals surface area contributed by atoms with E-state index in [9.17, 15) is 5.11 Å². The Morgan fingerprint density at radius 3 is 2.61 bits per heavy atom. The van der Waals surface area contributed by atoms with Crippen LogP contribution in [0.4, 0.5) is 0 Å². The molecule has 0 amide bonds. The molecule has 1 aromatic carbocycles. The van der Waals surface area contributed by atoms with Crippen LogP contribution in [0, 0.1) is 6.92 Å². The van der Waals surface area contributed by atoms with E-state index in [1.807, 2.05) is 25.1 Å². The Morgan fingerprint density at radius 2 is 2.06 bits per heavy atom. The molecular formula is C14H14ClNO2. The minimum absolute atomic E-state index is 0.414. The number of aliphatic hydroxyl groups is 1. The lowest BCUT2D eigenvalue weighted by Gasteiger charge is -2.14. The molecule has 1 atom stereocenters. The summed E-state index contributed by atoms with van der Waals surface area (Å²) in [6, 6.07) is 9.01. The average molecular weight is 264 g/mol. The van der Waals surface area contributed by atoms with E-state index in [1.165, 1.54) is 0 Å². The van der Waals surface area contributed by atoms with Gasteiger partial charge in [0.25, 0.3) is 0 Å². The molecule has 0 radical (unpaired) electrons. The average Bonchev–Trinajstić information content (AvgIpc) is 2.38. The lowest BCUT2D eigenvalue weighted by atomic mass is 9.98. The first kappa shape index (κ1) is 12.9.